The van der Waals surface area contributed by atoms with Crippen molar-refractivity contribution in [2.75, 3.05) is 6.54 Å². The topological polar surface area (TPSA) is 89.4 Å². The van der Waals surface area contributed by atoms with Gasteiger partial charge in [0.25, 0.3) is 0 Å². The van der Waals surface area contributed by atoms with Crippen LogP contribution in [0.3, 0.4) is 0 Å². The molecule has 0 aliphatic rings. The number of imidazole rings is 2. The number of aromatic nitrogens is 4. The first-order valence-corrected chi connectivity index (χ1v) is 6.65. The molecule has 0 bridgehead atoms. The third-order valence-corrected chi connectivity index (χ3v) is 3.44. The summed E-state index contributed by atoms with van der Waals surface area (Å²) >= 11 is 0. The molecular formula is C14H17N5O. The van der Waals surface area contributed by atoms with Gasteiger partial charge >= 0.3 is 5.69 Å². The van der Waals surface area contributed by atoms with Crippen LogP contribution in [0, 0.1) is 0 Å². The van der Waals surface area contributed by atoms with E-state index in [1.165, 1.54) is 0 Å². The number of nitrogens with zero attached hydrogens (tertiary/aromatic N) is 1. The van der Waals surface area contributed by atoms with Crippen LogP contribution in [0.5, 0.6) is 0 Å². The van der Waals surface area contributed by atoms with Gasteiger partial charge in [0.1, 0.15) is 0 Å². The number of benzene rings is 1. The minimum atomic E-state index is -0.169. The average Bonchev–Trinajstić information content (AvgIpc) is 3.05. The van der Waals surface area contributed by atoms with Gasteiger partial charge in [-0.1, -0.05) is 6.07 Å². The molecule has 0 saturated carbocycles. The second kappa shape index (κ2) is 5.34. The largest absolute Gasteiger partial charge is 0.348 e. The molecule has 0 spiro atoms. The summed E-state index contributed by atoms with van der Waals surface area (Å²) in [4.78, 5) is 23.8. The van der Waals surface area contributed by atoms with E-state index in [0.717, 1.165) is 35.3 Å². The van der Waals surface area contributed by atoms with Crippen LogP contribution in [-0.2, 0) is 6.42 Å². The van der Waals surface area contributed by atoms with Crippen LogP contribution < -0.4 is 11.0 Å². The van der Waals surface area contributed by atoms with Crippen molar-refractivity contribution in [1.82, 2.24) is 25.3 Å². The minimum absolute atomic E-state index is 0.169. The highest BCUT2D eigenvalue weighted by Crippen LogP contribution is 2.16. The molecule has 3 rings (SSSR count). The lowest BCUT2D eigenvalue weighted by atomic mass is 10.1. The fourth-order valence-corrected chi connectivity index (χ4v) is 2.28. The zero-order chi connectivity index (χ0) is 13.9. The normalized spacial score (nSPS) is 12.8. The molecule has 104 valence electrons. The van der Waals surface area contributed by atoms with E-state index >= 15 is 0 Å². The quantitative estimate of drug-likeness (QED) is 0.566. The van der Waals surface area contributed by atoms with Crippen LogP contribution in [0.15, 0.2) is 35.5 Å². The second-order valence-corrected chi connectivity index (χ2v) is 4.89. The Morgan fingerprint density at radius 3 is 2.95 bits per heavy atom. The van der Waals surface area contributed by atoms with Crippen molar-refractivity contribution in [3.05, 3.63) is 52.5 Å². The molecule has 0 radical (unpaired) electrons. The molecule has 0 aliphatic heterocycles. The van der Waals surface area contributed by atoms with E-state index in [9.17, 15) is 4.79 Å². The predicted octanol–water partition coefficient (Wildman–Crippen LogP) is 1.47. The van der Waals surface area contributed by atoms with Crippen LogP contribution in [0.25, 0.3) is 11.0 Å². The molecule has 0 fully saturated rings. The van der Waals surface area contributed by atoms with Crippen LogP contribution in [0.4, 0.5) is 0 Å². The van der Waals surface area contributed by atoms with Crippen molar-refractivity contribution in [1.29, 1.82) is 0 Å². The molecule has 2 aromatic heterocycles. The van der Waals surface area contributed by atoms with Gasteiger partial charge in [0.2, 0.25) is 0 Å². The maximum absolute atomic E-state index is 11.2. The van der Waals surface area contributed by atoms with Crippen molar-refractivity contribution in [3.63, 3.8) is 0 Å². The van der Waals surface area contributed by atoms with E-state index in [-0.39, 0.29) is 11.7 Å². The minimum Gasteiger partial charge on any atom is -0.348 e. The molecule has 0 aliphatic carbocycles. The van der Waals surface area contributed by atoms with Crippen molar-refractivity contribution >= 4 is 11.0 Å². The third kappa shape index (κ3) is 2.65. The molecule has 1 unspecified atom stereocenters. The van der Waals surface area contributed by atoms with Gasteiger partial charge in [-0.25, -0.2) is 9.78 Å². The fourth-order valence-electron chi connectivity index (χ4n) is 2.28. The Balaban J connectivity index is 1.65. The first kappa shape index (κ1) is 12.7. The summed E-state index contributed by atoms with van der Waals surface area (Å²) in [6.45, 7) is 2.98. The van der Waals surface area contributed by atoms with Gasteiger partial charge in [-0.15, -0.1) is 0 Å². The SMILES string of the molecule is CC(NCCc1cnc[nH]1)c1ccc2[nH]c(=O)[nH]c2c1. The molecule has 0 saturated heterocycles. The maximum atomic E-state index is 11.2. The first-order valence-electron chi connectivity index (χ1n) is 6.65. The monoisotopic (exact) mass is 271 g/mol. The van der Waals surface area contributed by atoms with Crippen molar-refractivity contribution < 1.29 is 0 Å². The standard InChI is InChI=1S/C14H17N5O/c1-9(16-5-4-11-7-15-8-17-11)10-2-3-12-13(6-10)19-14(20)18-12/h2-3,6-9,16H,4-5H2,1H3,(H,15,17)(H2,18,19,20). The van der Waals surface area contributed by atoms with Crippen LogP contribution in [-0.4, -0.2) is 26.5 Å². The van der Waals surface area contributed by atoms with Crippen LogP contribution in [0.2, 0.25) is 0 Å². The Kier molecular flexibility index (Phi) is 3.39. The number of aromatic amines is 3. The van der Waals surface area contributed by atoms with E-state index in [1.54, 1.807) is 6.33 Å². The van der Waals surface area contributed by atoms with E-state index < -0.39 is 0 Å². The number of hydrogen-bond acceptors (Lipinski definition) is 3. The Hall–Kier alpha value is -2.34. The number of H-pyrrole nitrogens is 3. The highest BCUT2D eigenvalue weighted by atomic mass is 16.1. The van der Waals surface area contributed by atoms with Crippen molar-refractivity contribution in [2.45, 2.75) is 19.4 Å². The lowest BCUT2D eigenvalue weighted by Gasteiger charge is -2.13. The zero-order valence-corrected chi connectivity index (χ0v) is 11.2. The maximum Gasteiger partial charge on any atom is 0.323 e. The number of nitrogens with one attached hydrogen (secondary N) is 4. The van der Waals surface area contributed by atoms with E-state index in [1.807, 2.05) is 24.4 Å². The zero-order valence-electron chi connectivity index (χ0n) is 11.2. The van der Waals surface area contributed by atoms with Gasteiger partial charge in [0.15, 0.2) is 0 Å². The number of rotatable bonds is 5. The number of hydrogen-bond donors (Lipinski definition) is 4. The fraction of sp³-hybridized carbons (Fsp3) is 0.286. The van der Waals surface area contributed by atoms with Gasteiger partial charge < -0.3 is 20.3 Å². The summed E-state index contributed by atoms with van der Waals surface area (Å²) in [5, 5.41) is 3.46. The molecule has 2 heterocycles. The van der Waals surface area contributed by atoms with Gasteiger partial charge in [0, 0.05) is 30.9 Å². The van der Waals surface area contributed by atoms with Crippen LogP contribution in [0.1, 0.15) is 24.2 Å². The lowest BCUT2D eigenvalue weighted by Crippen LogP contribution is -2.21. The van der Waals surface area contributed by atoms with Crippen molar-refractivity contribution in [2.24, 2.45) is 0 Å². The van der Waals surface area contributed by atoms with Gasteiger partial charge in [0.05, 0.1) is 17.4 Å². The summed E-state index contributed by atoms with van der Waals surface area (Å²) in [7, 11) is 0. The summed E-state index contributed by atoms with van der Waals surface area (Å²) in [5.74, 6) is 0. The Morgan fingerprint density at radius 1 is 1.30 bits per heavy atom. The molecular weight excluding hydrogens is 254 g/mol. The summed E-state index contributed by atoms with van der Waals surface area (Å²) in [6.07, 6.45) is 4.44. The predicted molar refractivity (Wildman–Crippen MR) is 77.6 cm³/mol. The van der Waals surface area contributed by atoms with E-state index in [0.29, 0.717) is 0 Å². The first-order chi connectivity index (χ1) is 9.72. The second-order valence-electron chi connectivity index (χ2n) is 4.89. The molecule has 4 N–H and O–H groups in total. The molecule has 0 amide bonds. The summed E-state index contributed by atoms with van der Waals surface area (Å²) in [6, 6.07) is 6.18. The molecule has 1 atom stereocenters. The van der Waals surface area contributed by atoms with E-state index in [2.05, 4.69) is 32.2 Å². The molecule has 1 aromatic carbocycles. The molecule has 6 heteroatoms. The van der Waals surface area contributed by atoms with E-state index in [4.69, 9.17) is 0 Å². The highest BCUT2D eigenvalue weighted by molar-refractivity contribution is 5.75. The summed E-state index contributed by atoms with van der Waals surface area (Å²) in [5.41, 5.74) is 3.78. The van der Waals surface area contributed by atoms with Gasteiger partial charge in [-0.2, -0.15) is 0 Å². The summed E-state index contributed by atoms with van der Waals surface area (Å²) < 4.78 is 0. The molecule has 3 aromatic rings. The third-order valence-electron chi connectivity index (χ3n) is 3.44. The highest BCUT2D eigenvalue weighted by Gasteiger charge is 2.07. The smallest absolute Gasteiger partial charge is 0.323 e. The van der Waals surface area contributed by atoms with Crippen LogP contribution >= 0.6 is 0 Å². The van der Waals surface area contributed by atoms with Gasteiger partial charge in [-0.3, -0.25) is 0 Å². The average molecular weight is 271 g/mol. The number of fused-ring (bicyclic) bond motifs is 1. The van der Waals surface area contributed by atoms with Gasteiger partial charge in [-0.05, 0) is 24.6 Å². The van der Waals surface area contributed by atoms with Crippen molar-refractivity contribution in [3.8, 4) is 0 Å². The Labute approximate surface area is 115 Å². The molecule has 20 heavy (non-hydrogen) atoms. The lowest BCUT2D eigenvalue weighted by molar-refractivity contribution is 0.575. The molecule has 6 nitrogen and oxygen atoms in total. The Bertz CT molecular complexity index is 740. The Morgan fingerprint density at radius 2 is 2.15 bits per heavy atom.